The van der Waals surface area contributed by atoms with E-state index in [1.807, 2.05) is 6.92 Å². The van der Waals surface area contributed by atoms with Crippen LogP contribution < -0.4 is 20.5 Å². The van der Waals surface area contributed by atoms with Gasteiger partial charge in [0.2, 0.25) is 11.8 Å². The molecule has 2 aliphatic rings. The molecule has 25 heavy (non-hydrogen) atoms. The predicted octanol–water partition coefficient (Wildman–Crippen LogP) is 1.25. The Kier molecular flexibility index (Phi) is 3.71. The minimum Gasteiger partial charge on any atom is -0.493 e. The largest absolute Gasteiger partial charge is 0.493 e. The number of benzene rings is 1. The summed E-state index contributed by atoms with van der Waals surface area (Å²) < 4.78 is 11.4. The number of hydrogen-bond donors (Lipinski definition) is 2. The minimum atomic E-state index is -0.543. The maximum Gasteiger partial charge on any atom is 0.252 e. The second-order valence-electron chi connectivity index (χ2n) is 6.42. The molecule has 0 spiro atoms. The Balaban J connectivity index is 1.63. The van der Waals surface area contributed by atoms with Crippen LogP contribution in [0.25, 0.3) is 10.8 Å². The number of nitrogens with zero attached hydrogens (tertiary/aromatic N) is 1. The van der Waals surface area contributed by atoms with Gasteiger partial charge < -0.3 is 20.5 Å². The van der Waals surface area contributed by atoms with Gasteiger partial charge in [-0.1, -0.05) is 0 Å². The van der Waals surface area contributed by atoms with Crippen molar-refractivity contribution < 1.29 is 19.1 Å². The van der Waals surface area contributed by atoms with Crippen molar-refractivity contribution in [1.82, 2.24) is 10.3 Å². The van der Waals surface area contributed by atoms with Crippen molar-refractivity contribution in [1.29, 1.82) is 0 Å². The molecule has 1 aliphatic carbocycles. The highest BCUT2D eigenvalue weighted by molar-refractivity contribution is 6.01. The van der Waals surface area contributed by atoms with Gasteiger partial charge in [-0.2, -0.15) is 0 Å². The molecule has 1 aromatic heterocycles. The summed E-state index contributed by atoms with van der Waals surface area (Å²) in [5.74, 6) is 0.983. The molecule has 0 bridgehead atoms. The topological polar surface area (TPSA) is 104 Å². The molecule has 1 aliphatic heterocycles. The number of nitrogens with two attached hydrogens (primary N) is 1. The molecule has 3 atom stereocenters. The van der Waals surface area contributed by atoms with Gasteiger partial charge in [0.25, 0.3) is 5.91 Å². The van der Waals surface area contributed by atoms with Crippen LogP contribution in [0.2, 0.25) is 0 Å². The number of primary amides is 1. The van der Waals surface area contributed by atoms with Gasteiger partial charge in [-0.05, 0) is 42.8 Å². The van der Waals surface area contributed by atoms with E-state index < -0.39 is 5.91 Å². The summed E-state index contributed by atoms with van der Waals surface area (Å²) in [6, 6.07) is 5.24. The third kappa shape index (κ3) is 2.75. The third-order valence-corrected chi connectivity index (χ3v) is 4.81. The van der Waals surface area contributed by atoms with E-state index in [2.05, 4.69) is 10.3 Å². The lowest BCUT2D eigenvalue weighted by Gasteiger charge is -2.16. The molecule has 2 heterocycles. The van der Waals surface area contributed by atoms with E-state index >= 15 is 0 Å². The van der Waals surface area contributed by atoms with Crippen molar-refractivity contribution in [2.24, 2.45) is 17.6 Å². The zero-order valence-electron chi connectivity index (χ0n) is 13.8. The Bertz CT molecular complexity index is 867. The average Bonchev–Trinajstić information content (AvgIpc) is 3.33. The van der Waals surface area contributed by atoms with Crippen LogP contribution in [0.1, 0.15) is 23.7 Å². The Labute approximate surface area is 144 Å². The zero-order valence-corrected chi connectivity index (χ0v) is 13.8. The number of aromatic nitrogens is 1. The number of ether oxygens (including phenoxy) is 2. The molecule has 130 valence electrons. The molecule has 2 unspecified atom stereocenters. The third-order valence-electron chi connectivity index (χ3n) is 4.81. The Morgan fingerprint density at radius 3 is 2.88 bits per heavy atom. The van der Waals surface area contributed by atoms with E-state index in [1.165, 1.54) is 0 Å². The minimum absolute atomic E-state index is 0.0332. The summed E-state index contributed by atoms with van der Waals surface area (Å²) >= 11 is 0. The summed E-state index contributed by atoms with van der Waals surface area (Å²) in [6.45, 7) is 2.63. The molecule has 1 aromatic carbocycles. The van der Waals surface area contributed by atoms with Gasteiger partial charge in [-0.3, -0.25) is 9.59 Å². The highest BCUT2D eigenvalue weighted by atomic mass is 16.5. The van der Waals surface area contributed by atoms with Crippen molar-refractivity contribution >= 4 is 22.6 Å². The van der Waals surface area contributed by atoms with E-state index in [1.54, 1.807) is 24.4 Å². The van der Waals surface area contributed by atoms with Crippen molar-refractivity contribution in [3.05, 3.63) is 30.0 Å². The number of nitrogens with one attached hydrogen (secondary N) is 1. The maximum atomic E-state index is 11.7. The molecular formula is C18H19N3O4. The number of piperidine rings is 1. The SMILES string of the molecule is CCOc1cc2c(OC[C@H]3NC(=O)C4CC43)nccc2cc1C(N)=O. The number of hydrogen-bond acceptors (Lipinski definition) is 5. The quantitative estimate of drug-likeness (QED) is 0.823. The van der Waals surface area contributed by atoms with E-state index in [4.69, 9.17) is 15.2 Å². The lowest BCUT2D eigenvalue weighted by molar-refractivity contribution is -0.121. The standard InChI is InChI=1S/C18H19N3O4/c1-2-24-15-7-10-9(5-13(15)16(19)22)3-4-20-18(10)25-8-14-11-6-12(11)17(23)21-14/h3-5,7,11-12,14H,2,6,8H2,1H3,(H2,19,22)(H,21,23)/t11?,12?,14-/m1/s1. The van der Waals surface area contributed by atoms with E-state index in [-0.39, 0.29) is 17.9 Å². The Hall–Kier alpha value is -2.83. The van der Waals surface area contributed by atoms with E-state index in [9.17, 15) is 9.59 Å². The lowest BCUT2D eigenvalue weighted by atomic mass is 10.1. The van der Waals surface area contributed by atoms with Crippen LogP contribution in [-0.2, 0) is 4.79 Å². The van der Waals surface area contributed by atoms with Gasteiger partial charge in [0, 0.05) is 17.5 Å². The number of amides is 2. The van der Waals surface area contributed by atoms with Crippen LogP contribution in [0.3, 0.4) is 0 Å². The molecule has 1 saturated heterocycles. The first-order valence-corrected chi connectivity index (χ1v) is 8.37. The number of carbonyl (C=O) groups is 2. The monoisotopic (exact) mass is 341 g/mol. The number of carbonyl (C=O) groups excluding carboxylic acids is 2. The van der Waals surface area contributed by atoms with Crippen molar-refractivity contribution in [3.63, 3.8) is 0 Å². The Morgan fingerprint density at radius 1 is 1.40 bits per heavy atom. The van der Waals surface area contributed by atoms with Gasteiger partial charge in [-0.15, -0.1) is 0 Å². The molecule has 7 nitrogen and oxygen atoms in total. The first-order valence-electron chi connectivity index (χ1n) is 8.37. The molecule has 0 radical (unpaired) electrons. The maximum absolute atomic E-state index is 11.7. The first-order chi connectivity index (χ1) is 12.1. The summed E-state index contributed by atoms with van der Waals surface area (Å²) in [5.41, 5.74) is 5.77. The van der Waals surface area contributed by atoms with Crippen molar-refractivity contribution in [2.75, 3.05) is 13.2 Å². The van der Waals surface area contributed by atoms with Crippen LogP contribution in [0.15, 0.2) is 24.4 Å². The van der Waals surface area contributed by atoms with Gasteiger partial charge in [0.05, 0.1) is 18.2 Å². The Morgan fingerprint density at radius 2 is 2.24 bits per heavy atom. The summed E-state index contributed by atoms with van der Waals surface area (Å²) in [6.07, 6.45) is 2.56. The highest BCUT2D eigenvalue weighted by Crippen LogP contribution is 2.46. The molecule has 2 amide bonds. The smallest absolute Gasteiger partial charge is 0.252 e. The summed E-state index contributed by atoms with van der Waals surface area (Å²) in [4.78, 5) is 27.6. The molecule has 2 fully saturated rings. The van der Waals surface area contributed by atoms with Gasteiger partial charge >= 0.3 is 0 Å². The first kappa shape index (κ1) is 15.7. The zero-order chi connectivity index (χ0) is 17.6. The van der Waals surface area contributed by atoms with Gasteiger partial charge in [0.15, 0.2) is 0 Å². The lowest BCUT2D eigenvalue weighted by Crippen LogP contribution is -2.35. The predicted molar refractivity (Wildman–Crippen MR) is 90.5 cm³/mol. The van der Waals surface area contributed by atoms with Crippen LogP contribution >= 0.6 is 0 Å². The molecule has 7 heteroatoms. The van der Waals surface area contributed by atoms with Gasteiger partial charge in [0.1, 0.15) is 12.4 Å². The number of fused-ring (bicyclic) bond motifs is 2. The normalized spacial score (nSPS) is 23.9. The van der Waals surface area contributed by atoms with Crippen LogP contribution in [0, 0.1) is 11.8 Å². The fourth-order valence-electron chi connectivity index (χ4n) is 3.45. The molecule has 4 rings (SSSR count). The average molecular weight is 341 g/mol. The fourth-order valence-corrected chi connectivity index (χ4v) is 3.45. The summed E-state index contributed by atoms with van der Waals surface area (Å²) in [7, 11) is 0. The van der Waals surface area contributed by atoms with Crippen LogP contribution in [0.4, 0.5) is 0 Å². The second kappa shape index (κ2) is 5.91. The van der Waals surface area contributed by atoms with Crippen LogP contribution in [-0.4, -0.2) is 36.1 Å². The second-order valence-corrected chi connectivity index (χ2v) is 6.42. The van der Waals surface area contributed by atoms with Crippen molar-refractivity contribution in [3.8, 4) is 11.6 Å². The van der Waals surface area contributed by atoms with Crippen molar-refractivity contribution in [2.45, 2.75) is 19.4 Å². The van der Waals surface area contributed by atoms with Gasteiger partial charge in [-0.25, -0.2) is 4.98 Å². The number of rotatable bonds is 6. The van der Waals surface area contributed by atoms with E-state index in [0.717, 1.165) is 17.2 Å². The molecule has 3 N–H and O–H groups in total. The van der Waals surface area contributed by atoms with Crippen LogP contribution in [0.5, 0.6) is 11.6 Å². The molecular weight excluding hydrogens is 322 g/mol. The molecule has 1 saturated carbocycles. The number of pyridine rings is 1. The fraction of sp³-hybridized carbons (Fsp3) is 0.389. The molecule has 2 aromatic rings. The van der Waals surface area contributed by atoms with E-state index in [0.29, 0.717) is 36.3 Å². The summed E-state index contributed by atoms with van der Waals surface area (Å²) in [5, 5.41) is 4.49. The highest BCUT2D eigenvalue weighted by Gasteiger charge is 2.54.